The van der Waals surface area contributed by atoms with Gasteiger partial charge in [0.1, 0.15) is 5.82 Å². The lowest BCUT2D eigenvalue weighted by molar-refractivity contribution is -0.132. The number of hydrogen-bond donors (Lipinski definition) is 0. The van der Waals surface area contributed by atoms with Gasteiger partial charge in [-0.25, -0.2) is 4.39 Å². The molecule has 0 amide bonds. The zero-order chi connectivity index (χ0) is 21.4. The number of rotatable bonds is 4. The van der Waals surface area contributed by atoms with E-state index in [1.807, 2.05) is 0 Å². The molecular weight excluding hydrogens is 477 g/mol. The normalized spacial score (nSPS) is 11.8. The van der Waals surface area contributed by atoms with Crippen LogP contribution < -0.4 is 19.6 Å². The fraction of sp³-hybridized carbons (Fsp3) is 0.100. The summed E-state index contributed by atoms with van der Waals surface area (Å²) in [7, 11) is 1.46. The Kier molecular flexibility index (Phi) is 5.35. The van der Waals surface area contributed by atoms with Gasteiger partial charge in [0.15, 0.2) is 17.3 Å². The third-order valence-corrected chi connectivity index (χ3v) is 5.63. The predicted molar refractivity (Wildman–Crippen MR) is 113 cm³/mol. The maximum atomic E-state index is 13.1. The summed E-state index contributed by atoms with van der Waals surface area (Å²) in [6.07, 6.45) is 1.67. The first-order valence-corrected chi connectivity index (χ1v) is 10.2. The van der Waals surface area contributed by atoms with Crippen molar-refractivity contribution < 1.29 is 18.7 Å². The maximum absolute atomic E-state index is 13.1. The van der Waals surface area contributed by atoms with Gasteiger partial charge in [-0.2, -0.15) is 9.50 Å². The molecule has 7 nitrogen and oxygen atoms in total. The van der Waals surface area contributed by atoms with E-state index in [-0.39, 0.29) is 17.1 Å². The topological polar surface area (TPSA) is 82.8 Å². The molecule has 4 rings (SSSR count). The second-order valence-corrected chi connectivity index (χ2v) is 8.04. The van der Waals surface area contributed by atoms with E-state index in [1.54, 1.807) is 30.3 Å². The van der Waals surface area contributed by atoms with E-state index in [2.05, 4.69) is 26.0 Å². The standard InChI is InChI=1S/C20H13BrFN3O4S/c1-10(26)29-17-14(21)7-11(8-15(17)28-2)9-16-19(27)25-20(30-16)23-18(24-25)12-3-5-13(22)6-4-12/h3-9H,1-2H3. The molecule has 0 saturated carbocycles. The highest BCUT2D eigenvalue weighted by atomic mass is 79.9. The van der Waals surface area contributed by atoms with Crippen molar-refractivity contribution in [2.24, 2.45) is 0 Å². The Hall–Kier alpha value is -3.11. The number of esters is 1. The van der Waals surface area contributed by atoms with E-state index in [1.165, 1.54) is 42.0 Å². The Balaban J connectivity index is 1.76. The van der Waals surface area contributed by atoms with Gasteiger partial charge in [-0.3, -0.25) is 9.59 Å². The summed E-state index contributed by atoms with van der Waals surface area (Å²) in [5.41, 5.74) is 0.956. The van der Waals surface area contributed by atoms with Crippen LogP contribution in [0.4, 0.5) is 4.39 Å². The van der Waals surface area contributed by atoms with E-state index in [0.29, 0.717) is 36.7 Å². The van der Waals surface area contributed by atoms with Gasteiger partial charge in [-0.1, -0.05) is 11.3 Å². The Labute approximate surface area is 181 Å². The van der Waals surface area contributed by atoms with E-state index in [9.17, 15) is 14.0 Å². The molecule has 0 saturated heterocycles. The molecule has 0 unspecified atom stereocenters. The molecule has 0 atom stereocenters. The molecule has 152 valence electrons. The fourth-order valence-corrected chi connectivity index (χ4v) is 4.22. The number of benzene rings is 2. The quantitative estimate of drug-likeness (QED) is 0.323. The van der Waals surface area contributed by atoms with E-state index >= 15 is 0 Å². The van der Waals surface area contributed by atoms with Crippen LogP contribution >= 0.6 is 27.3 Å². The molecule has 4 aromatic rings. The van der Waals surface area contributed by atoms with Gasteiger partial charge in [0.2, 0.25) is 4.96 Å². The molecule has 2 aromatic carbocycles. The van der Waals surface area contributed by atoms with Crippen LogP contribution in [0.3, 0.4) is 0 Å². The molecule has 0 aliphatic carbocycles. The zero-order valence-corrected chi connectivity index (χ0v) is 18.1. The summed E-state index contributed by atoms with van der Waals surface area (Å²) >= 11 is 4.54. The smallest absolute Gasteiger partial charge is 0.308 e. The van der Waals surface area contributed by atoms with Crippen LogP contribution in [0.15, 0.2) is 45.7 Å². The molecule has 0 aliphatic rings. The van der Waals surface area contributed by atoms with Gasteiger partial charge >= 0.3 is 5.97 Å². The lowest BCUT2D eigenvalue weighted by Crippen LogP contribution is -2.23. The number of carbonyl (C=O) groups is 1. The third-order valence-electron chi connectivity index (χ3n) is 4.08. The number of nitrogens with zero attached hydrogens (tertiary/aromatic N) is 3. The molecule has 30 heavy (non-hydrogen) atoms. The average molecular weight is 490 g/mol. The van der Waals surface area contributed by atoms with Crippen molar-refractivity contribution in [2.45, 2.75) is 6.92 Å². The number of ether oxygens (including phenoxy) is 2. The molecule has 0 fully saturated rings. The van der Waals surface area contributed by atoms with Gasteiger partial charge < -0.3 is 9.47 Å². The van der Waals surface area contributed by atoms with Crippen molar-refractivity contribution >= 4 is 44.3 Å². The van der Waals surface area contributed by atoms with Crippen LogP contribution in [-0.4, -0.2) is 27.7 Å². The van der Waals surface area contributed by atoms with Crippen LogP contribution in [0.2, 0.25) is 0 Å². The average Bonchev–Trinajstić information content (AvgIpc) is 3.24. The lowest BCUT2D eigenvalue weighted by atomic mass is 10.2. The maximum Gasteiger partial charge on any atom is 0.308 e. The summed E-state index contributed by atoms with van der Waals surface area (Å²) in [5.74, 6) is 0.116. The Morgan fingerprint density at radius 1 is 1.27 bits per heavy atom. The van der Waals surface area contributed by atoms with Crippen molar-refractivity contribution in [1.82, 2.24) is 14.6 Å². The Morgan fingerprint density at radius 2 is 2.00 bits per heavy atom. The number of halogens is 2. The van der Waals surface area contributed by atoms with Gasteiger partial charge in [0, 0.05) is 12.5 Å². The van der Waals surface area contributed by atoms with Crippen molar-refractivity contribution in [3.05, 3.63) is 67.1 Å². The summed E-state index contributed by atoms with van der Waals surface area (Å²) < 4.78 is 25.7. The van der Waals surface area contributed by atoms with Gasteiger partial charge in [0.25, 0.3) is 5.56 Å². The molecule has 0 N–H and O–H groups in total. The largest absolute Gasteiger partial charge is 0.493 e. The van der Waals surface area contributed by atoms with Crippen molar-refractivity contribution in [3.8, 4) is 22.9 Å². The van der Waals surface area contributed by atoms with Gasteiger partial charge in [0.05, 0.1) is 16.1 Å². The minimum absolute atomic E-state index is 0.260. The van der Waals surface area contributed by atoms with Crippen LogP contribution in [0.25, 0.3) is 22.4 Å². The van der Waals surface area contributed by atoms with Crippen LogP contribution in [-0.2, 0) is 4.79 Å². The predicted octanol–water partition coefficient (Wildman–Crippen LogP) is 3.20. The van der Waals surface area contributed by atoms with Crippen molar-refractivity contribution in [1.29, 1.82) is 0 Å². The second kappa shape index (κ2) is 7.96. The third kappa shape index (κ3) is 3.83. The Morgan fingerprint density at radius 3 is 2.63 bits per heavy atom. The highest BCUT2D eigenvalue weighted by Gasteiger charge is 2.15. The highest BCUT2D eigenvalue weighted by Crippen LogP contribution is 2.37. The fourth-order valence-electron chi connectivity index (χ4n) is 2.77. The first-order chi connectivity index (χ1) is 14.4. The number of carbonyl (C=O) groups excluding carboxylic acids is 1. The highest BCUT2D eigenvalue weighted by molar-refractivity contribution is 9.10. The number of thiazole rings is 1. The number of methoxy groups -OCH3 is 1. The second-order valence-electron chi connectivity index (χ2n) is 6.18. The van der Waals surface area contributed by atoms with E-state index in [0.717, 1.165) is 0 Å². The SMILES string of the molecule is COc1cc(C=c2sc3nc(-c4ccc(F)cc4)nn3c2=O)cc(Br)c1OC(C)=O. The summed E-state index contributed by atoms with van der Waals surface area (Å²) in [6.45, 7) is 1.30. The first-order valence-electron chi connectivity index (χ1n) is 8.59. The molecule has 2 heterocycles. The molecule has 0 bridgehead atoms. The lowest BCUT2D eigenvalue weighted by Gasteiger charge is -2.10. The molecule has 10 heteroatoms. The van der Waals surface area contributed by atoms with Crippen molar-refractivity contribution in [3.63, 3.8) is 0 Å². The van der Waals surface area contributed by atoms with Crippen LogP contribution in [0.5, 0.6) is 11.5 Å². The molecule has 2 aromatic heterocycles. The van der Waals surface area contributed by atoms with E-state index < -0.39 is 5.97 Å². The van der Waals surface area contributed by atoms with Crippen LogP contribution in [0.1, 0.15) is 12.5 Å². The van der Waals surface area contributed by atoms with Crippen molar-refractivity contribution in [2.75, 3.05) is 7.11 Å². The number of hydrogen-bond acceptors (Lipinski definition) is 7. The summed E-state index contributed by atoms with van der Waals surface area (Å²) in [6, 6.07) is 9.10. The summed E-state index contributed by atoms with van der Waals surface area (Å²) in [5, 5.41) is 4.24. The van der Waals surface area contributed by atoms with Gasteiger partial charge in [-0.05, 0) is 64.0 Å². The first kappa shape index (κ1) is 20.2. The minimum Gasteiger partial charge on any atom is -0.493 e. The number of fused-ring (bicyclic) bond motifs is 1. The molecular formula is C20H13BrFN3O4S. The zero-order valence-electron chi connectivity index (χ0n) is 15.7. The molecule has 0 aliphatic heterocycles. The van der Waals surface area contributed by atoms with Crippen LogP contribution in [0, 0.1) is 5.82 Å². The number of aromatic nitrogens is 3. The van der Waals surface area contributed by atoms with E-state index in [4.69, 9.17) is 9.47 Å². The van der Waals surface area contributed by atoms with Gasteiger partial charge in [-0.15, -0.1) is 5.10 Å². The molecule has 0 radical (unpaired) electrons. The minimum atomic E-state index is -0.477. The molecule has 0 spiro atoms. The summed E-state index contributed by atoms with van der Waals surface area (Å²) in [4.78, 5) is 28.8. The monoisotopic (exact) mass is 489 g/mol. The Bertz CT molecular complexity index is 1380.